The Morgan fingerprint density at radius 1 is 1.28 bits per heavy atom. The van der Waals surface area contributed by atoms with E-state index in [1.165, 1.54) is 0 Å². The molecule has 1 aliphatic heterocycles. The predicted molar refractivity (Wildman–Crippen MR) is 101 cm³/mol. The molecule has 3 rings (SSSR count). The molecule has 0 atom stereocenters. The molecule has 0 saturated carbocycles. The van der Waals surface area contributed by atoms with Crippen LogP contribution < -0.4 is 15.4 Å². The largest absolute Gasteiger partial charge is 0.491 e. The highest BCUT2D eigenvalue weighted by molar-refractivity contribution is 7.99. The molecule has 1 aliphatic rings. The van der Waals surface area contributed by atoms with Gasteiger partial charge in [-0.25, -0.2) is 0 Å². The summed E-state index contributed by atoms with van der Waals surface area (Å²) in [5.41, 5.74) is 1.82. The first-order valence-electron chi connectivity index (χ1n) is 8.27. The highest BCUT2D eigenvalue weighted by Gasteiger charge is 2.16. The average Bonchev–Trinajstić information content (AvgIpc) is 2.80. The molecular formula is C19H20N2O3S. The Morgan fingerprint density at radius 3 is 2.96 bits per heavy atom. The number of fused-ring (bicyclic) bond motifs is 1. The molecule has 0 aliphatic carbocycles. The Bertz CT molecular complexity index is 792. The summed E-state index contributed by atoms with van der Waals surface area (Å²) in [6.07, 6.45) is 1.37. The number of hydrogen-bond acceptors (Lipinski definition) is 4. The van der Waals surface area contributed by atoms with Crippen LogP contribution >= 0.6 is 11.8 Å². The number of amides is 2. The van der Waals surface area contributed by atoms with Crippen LogP contribution in [0.3, 0.4) is 0 Å². The Labute approximate surface area is 151 Å². The minimum atomic E-state index is -0.237. The summed E-state index contributed by atoms with van der Waals surface area (Å²) < 4.78 is 5.67. The number of para-hydroxylation sites is 2. The van der Waals surface area contributed by atoms with E-state index in [9.17, 15) is 9.59 Å². The van der Waals surface area contributed by atoms with Gasteiger partial charge in [0.05, 0.1) is 18.0 Å². The topological polar surface area (TPSA) is 67.4 Å². The summed E-state index contributed by atoms with van der Waals surface area (Å²) in [6.45, 7) is 2.62. The maximum atomic E-state index is 12.6. The summed E-state index contributed by atoms with van der Waals surface area (Å²) in [7, 11) is 0. The third kappa shape index (κ3) is 4.33. The van der Waals surface area contributed by atoms with Gasteiger partial charge < -0.3 is 15.4 Å². The van der Waals surface area contributed by atoms with Crippen molar-refractivity contribution in [3.05, 3.63) is 48.0 Å². The van der Waals surface area contributed by atoms with Crippen molar-refractivity contribution in [3.8, 4) is 5.75 Å². The van der Waals surface area contributed by atoms with Crippen LogP contribution in [0.5, 0.6) is 5.75 Å². The van der Waals surface area contributed by atoms with Crippen molar-refractivity contribution in [3.63, 3.8) is 0 Å². The molecule has 130 valence electrons. The molecule has 0 spiro atoms. The lowest BCUT2D eigenvalue weighted by Crippen LogP contribution is -2.14. The van der Waals surface area contributed by atoms with Gasteiger partial charge in [-0.1, -0.05) is 19.1 Å². The molecular weight excluding hydrogens is 336 g/mol. The zero-order chi connectivity index (χ0) is 17.6. The fourth-order valence-corrected chi connectivity index (χ4v) is 3.40. The quantitative estimate of drug-likeness (QED) is 0.844. The Kier molecular flexibility index (Phi) is 5.60. The summed E-state index contributed by atoms with van der Waals surface area (Å²) in [6, 6.07) is 12.7. The van der Waals surface area contributed by atoms with Gasteiger partial charge in [0.25, 0.3) is 5.91 Å². The second-order valence-electron chi connectivity index (χ2n) is 5.66. The lowest BCUT2D eigenvalue weighted by molar-refractivity contribution is -0.115. The molecule has 5 nitrogen and oxygen atoms in total. The highest BCUT2D eigenvalue weighted by atomic mass is 32.2. The number of nitrogens with one attached hydrogen (secondary N) is 2. The Morgan fingerprint density at radius 2 is 2.12 bits per heavy atom. The summed E-state index contributed by atoms with van der Waals surface area (Å²) in [4.78, 5) is 25.3. The molecule has 0 saturated heterocycles. The van der Waals surface area contributed by atoms with Crippen LogP contribution in [0, 0.1) is 0 Å². The van der Waals surface area contributed by atoms with Gasteiger partial charge in [0, 0.05) is 22.6 Å². The monoisotopic (exact) mass is 356 g/mol. The van der Waals surface area contributed by atoms with Crippen molar-refractivity contribution in [1.82, 2.24) is 0 Å². The van der Waals surface area contributed by atoms with Crippen LogP contribution in [0.25, 0.3) is 0 Å². The van der Waals surface area contributed by atoms with E-state index in [0.717, 1.165) is 17.1 Å². The third-order valence-electron chi connectivity index (χ3n) is 3.70. The van der Waals surface area contributed by atoms with Crippen molar-refractivity contribution < 1.29 is 14.3 Å². The molecule has 0 aromatic heterocycles. The molecule has 2 N–H and O–H groups in total. The van der Waals surface area contributed by atoms with E-state index < -0.39 is 0 Å². The van der Waals surface area contributed by atoms with E-state index in [1.807, 2.05) is 37.3 Å². The first-order valence-corrected chi connectivity index (χ1v) is 9.26. The van der Waals surface area contributed by atoms with Gasteiger partial charge in [0.1, 0.15) is 5.75 Å². The zero-order valence-corrected chi connectivity index (χ0v) is 14.8. The summed E-state index contributed by atoms with van der Waals surface area (Å²) in [5, 5.41) is 5.74. The Hall–Kier alpha value is -2.47. The lowest BCUT2D eigenvalue weighted by Gasteiger charge is -2.13. The fourth-order valence-electron chi connectivity index (χ4n) is 2.46. The van der Waals surface area contributed by atoms with Crippen molar-refractivity contribution in [2.75, 3.05) is 23.0 Å². The maximum Gasteiger partial charge on any atom is 0.255 e. The number of anilines is 2. The summed E-state index contributed by atoms with van der Waals surface area (Å²) in [5.74, 6) is 1.13. The van der Waals surface area contributed by atoms with Crippen LogP contribution in [0.1, 0.15) is 30.1 Å². The van der Waals surface area contributed by atoms with E-state index in [2.05, 4.69) is 10.6 Å². The minimum absolute atomic E-state index is 0.0258. The molecule has 2 aromatic rings. The van der Waals surface area contributed by atoms with Crippen molar-refractivity contribution in [2.45, 2.75) is 24.7 Å². The van der Waals surface area contributed by atoms with Gasteiger partial charge in [-0.15, -0.1) is 11.8 Å². The van der Waals surface area contributed by atoms with E-state index in [0.29, 0.717) is 35.7 Å². The smallest absolute Gasteiger partial charge is 0.255 e. The van der Waals surface area contributed by atoms with Gasteiger partial charge in [0.15, 0.2) is 0 Å². The Balaban J connectivity index is 1.79. The number of carbonyl (C=O) groups excluding carboxylic acids is 2. The predicted octanol–water partition coefficient (Wildman–Crippen LogP) is 4.16. The number of thioether (sulfide) groups is 1. The number of carbonyl (C=O) groups is 2. The van der Waals surface area contributed by atoms with Gasteiger partial charge in [0.2, 0.25) is 5.91 Å². The van der Waals surface area contributed by atoms with Crippen molar-refractivity contribution in [1.29, 1.82) is 0 Å². The molecule has 2 aromatic carbocycles. The van der Waals surface area contributed by atoms with Gasteiger partial charge in [-0.3, -0.25) is 9.59 Å². The summed E-state index contributed by atoms with van der Waals surface area (Å²) >= 11 is 1.61. The molecule has 0 radical (unpaired) electrons. The van der Waals surface area contributed by atoms with E-state index in [1.54, 1.807) is 23.9 Å². The first kappa shape index (κ1) is 17.4. The van der Waals surface area contributed by atoms with Gasteiger partial charge >= 0.3 is 0 Å². The standard InChI is InChI=1S/C19H20N2O3S/c1-2-10-24-16-6-4-3-5-14(16)21-19(23)13-7-8-17-15(12-13)20-18(22)9-11-25-17/h3-8,12H,2,9-11H2,1H3,(H,20,22)(H,21,23). The molecule has 1 heterocycles. The average molecular weight is 356 g/mol. The lowest BCUT2D eigenvalue weighted by atomic mass is 10.1. The van der Waals surface area contributed by atoms with Crippen LogP contribution in [-0.2, 0) is 4.79 Å². The van der Waals surface area contributed by atoms with Crippen molar-refractivity contribution >= 4 is 35.0 Å². The molecule has 25 heavy (non-hydrogen) atoms. The SMILES string of the molecule is CCCOc1ccccc1NC(=O)c1ccc2c(c1)NC(=O)CCS2. The fraction of sp³-hybridized carbons (Fsp3) is 0.263. The number of ether oxygens (including phenoxy) is 1. The van der Waals surface area contributed by atoms with Gasteiger partial charge in [-0.05, 0) is 36.8 Å². The zero-order valence-electron chi connectivity index (χ0n) is 14.0. The van der Waals surface area contributed by atoms with Crippen LogP contribution in [0.4, 0.5) is 11.4 Å². The van der Waals surface area contributed by atoms with Crippen LogP contribution in [-0.4, -0.2) is 24.2 Å². The third-order valence-corrected chi connectivity index (χ3v) is 4.77. The van der Waals surface area contributed by atoms with E-state index in [4.69, 9.17) is 4.74 Å². The number of hydrogen-bond donors (Lipinski definition) is 2. The second-order valence-corrected chi connectivity index (χ2v) is 6.79. The number of benzene rings is 2. The molecule has 0 fully saturated rings. The minimum Gasteiger partial charge on any atom is -0.491 e. The molecule has 6 heteroatoms. The number of rotatable bonds is 5. The van der Waals surface area contributed by atoms with E-state index in [-0.39, 0.29) is 11.8 Å². The molecule has 0 bridgehead atoms. The van der Waals surface area contributed by atoms with Crippen molar-refractivity contribution in [2.24, 2.45) is 0 Å². The first-order chi connectivity index (χ1) is 12.2. The molecule has 2 amide bonds. The van der Waals surface area contributed by atoms with E-state index >= 15 is 0 Å². The molecule has 0 unspecified atom stereocenters. The van der Waals surface area contributed by atoms with Gasteiger partial charge in [-0.2, -0.15) is 0 Å². The second kappa shape index (κ2) is 8.07. The van der Waals surface area contributed by atoms with Crippen LogP contribution in [0.15, 0.2) is 47.4 Å². The van der Waals surface area contributed by atoms with Crippen LogP contribution in [0.2, 0.25) is 0 Å². The maximum absolute atomic E-state index is 12.6. The normalized spacial score (nSPS) is 13.4. The highest BCUT2D eigenvalue weighted by Crippen LogP contribution is 2.32.